The lowest BCUT2D eigenvalue weighted by Gasteiger charge is -2.35. The van der Waals surface area contributed by atoms with Gasteiger partial charge in [0.05, 0.1) is 12.1 Å². The van der Waals surface area contributed by atoms with Crippen molar-refractivity contribution in [2.24, 2.45) is 0 Å². The minimum Gasteiger partial charge on any atom is -0.389 e. The van der Waals surface area contributed by atoms with E-state index in [1.165, 1.54) is 0 Å². The molecule has 4 heteroatoms. The van der Waals surface area contributed by atoms with Crippen LogP contribution in [0.2, 0.25) is 0 Å². The highest BCUT2D eigenvalue weighted by Gasteiger charge is 2.32. The molecule has 0 unspecified atom stereocenters. The van der Waals surface area contributed by atoms with Gasteiger partial charge in [-0.3, -0.25) is 0 Å². The van der Waals surface area contributed by atoms with Crippen molar-refractivity contribution in [3.8, 4) is 0 Å². The second-order valence-corrected chi connectivity index (χ2v) is 4.27. The van der Waals surface area contributed by atoms with Gasteiger partial charge in [-0.05, 0) is 33.2 Å². The van der Waals surface area contributed by atoms with Crippen LogP contribution in [0.25, 0.3) is 0 Å². The maximum Gasteiger partial charge on any atom is 0.105 e. The number of hydrogen-bond acceptors (Lipinski definition) is 3. The van der Waals surface area contributed by atoms with Crippen LogP contribution in [0.3, 0.4) is 0 Å². The van der Waals surface area contributed by atoms with E-state index in [1.807, 2.05) is 20.2 Å². The van der Waals surface area contributed by atoms with Crippen LogP contribution in [0.1, 0.15) is 31.1 Å². The first-order chi connectivity index (χ1) is 7.24. The van der Waals surface area contributed by atoms with Crippen molar-refractivity contribution in [3.63, 3.8) is 0 Å². The van der Waals surface area contributed by atoms with Gasteiger partial charge in [0, 0.05) is 18.4 Å². The van der Waals surface area contributed by atoms with Crippen LogP contribution in [0.4, 0.5) is 0 Å². The van der Waals surface area contributed by atoms with Crippen LogP contribution in [-0.4, -0.2) is 33.9 Å². The molecular formula is C11H19N3O. The molecule has 0 aromatic carbocycles. The monoisotopic (exact) mass is 209 g/mol. The van der Waals surface area contributed by atoms with E-state index in [4.69, 9.17) is 0 Å². The molecule has 1 saturated carbocycles. The summed E-state index contributed by atoms with van der Waals surface area (Å²) in [4.78, 5) is 4.21. The molecule has 0 spiro atoms. The van der Waals surface area contributed by atoms with Gasteiger partial charge in [0.1, 0.15) is 5.82 Å². The zero-order valence-electron chi connectivity index (χ0n) is 9.35. The average Bonchev–Trinajstić information content (AvgIpc) is 2.65. The molecule has 0 saturated heterocycles. The molecule has 2 rings (SSSR count). The Kier molecular flexibility index (Phi) is 3.07. The molecular weight excluding hydrogens is 190 g/mol. The van der Waals surface area contributed by atoms with E-state index >= 15 is 0 Å². The lowest BCUT2D eigenvalue weighted by Crippen LogP contribution is -2.45. The lowest BCUT2D eigenvalue weighted by molar-refractivity contribution is 0.0450. The van der Waals surface area contributed by atoms with Crippen molar-refractivity contribution in [1.29, 1.82) is 0 Å². The van der Waals surface area contributed by atoms with Crippen molar-refractivity contribution in [3.05, 3.63) is 18.2 Å². The normalized spacial score (nSPS) is 31.8. The standard InChI is InChI=1S/C11H19N3O/c1-8-13-6-7-14(8)10-5-3-4-9(12-2)11(10)15/h6-7,9-12,15H,3-5H2,1-2H3/t9-,10-,11-/m1/s1. The highest BCUT2D eigenvalue weighted by atomic mass is 16.3. The summed E-state index contributed by atoms with van der Waals surface area (Å²) in [5, 5.41) is 13.4. The first-order valence-electron chi connectivity index (χ1n) is 5.59. The maximum atomic E-state index is 10.2. The van der Waals surface area contributed by atoms with Crippen LogP contribution in [0, 0.1) is 6.92 Å². The van der Waals surface area contributed by atoms with Crippen molar-refractivity contribution >= 4 is 0 Å². The molecule has 2 N–H and O–H groups in total. The number of rotatable bonds is 2. The quantitative estimate of drug-likeness (QED) is 0.759. The largest absolute Gasteiger partial charge is 0.389 e. The van der Waals surface area contributed by atoms with Gasteiger partial charge >= 0.3 is 0 Å². The highest BCUT2D eigenvalue weighted by Crippen LogP contribution is 2.29. The smallest absolute Gasteiger partial charge is 0.105 e. The molecule has 1 fully saturated rings. The zero-order chi connectivity index (χ0) is 10.8. The van der Waals surface area contributed by atoms with Gasteiger partial charge < -0.3 is 15.0 Å². The number of aryl methyl sites for hydroxylation is 1. The Hall–Kier alpha value is -0.870. The summed E-state index contributed by atoms with van der Waals surface area (Å²) in [7, 11) is 1.91. The average molecular weight is 209 g/mol. The van der Waals surface area contributed by atoms with E-state index in [9.17, 15) is 5.11 Å². The number of aromatic nitrogens is 2. The molecule has 4 nitrogen and oxygen atoms in total. The van der Waals surface area contributed by atoms with Crippen LogP contribution < -0.4 is 5.32 Å². The topological polar surface area (TPSA) is 50.1 Å². The minimum atomic E-state index is -0.309. The SMILES string of the molecule is CN[C@@H]1CCC[C@@H](n2ccnc2C)[C@@H]1O. The molecule has 15 heavy (non-hydrogen) atoms. The number of nitrogens with zero attached hydrogens (tertiary/aromatic N) is 2. The molecule has 0 radical (unpaired) electrons. The van der Waals surface area contributed by atoms with Gasteiger partial charge in [-0.15, -0.1) is 0 Å². The van der Waals surface area contributed by atoms with E-state index in [0.29, 0.717) is 0 Å². The van der Waals surface area contributed by atoms with E-state index in [2.05, 4.69) is 14.9 Å². The van der Waals surface area contributed by atoms with Gasteiger partial charge in [-0.25, -0.2) is 4.98 Å². The van der Waals surface area contributed by atoms with Gasteiger partial charge in [0.15, 0.2) is 0 Å². The van der Waals surface area contributed by atoms with Crippen molar-refractivity contribution in [1.82, 2.24) is 14.9 Å². The van der Waals surface area contributed by atoms with Crippen molar-refractivity contribution in [2.75, 3.05) is 7.05 Å². The third-order valence-electron chi connectivity index (χ3n) is 3.41. The number of likely N-dealkylation sites (N-methyl/N-ethyl adjacent to an activating group) is 1. The Bertz CT molecular complexity index is 323. The molecule has 84 valence electrons. The van der Waals surface area contributed by atoms with Gasteiger partial charge in [0.2, 0.25) is 0 Å². The van der Waals surface area contributed by atoms with Gasteiger partial charge in [0.25, 0.3) is 0 Å². The minimum absolute atomic E-state index is 0.179. The second-order valence-electron chi connectivity index (χ2n) is 4.27. The fourth-order valence-electron chi connectivity index (χ4n) is 2.51. The Labute approximate surface area is 90.3 Å². The number of nitrogens with one attached hydrogen (secondary N) is 1. The summed E-state index contributed by atoms with van der Waals surface area (Å²) in [6, 6.07) is 0.393. The highest BCUT2D eigenvalue weighted by molar-refractivity contribution is 4.98. The van der Waals surface area contributed by atoms with E-state index in [0.717, 1.165) is 25.1 Å². The Morgan fingerprint density at radius 1 is 1.53 bits per heavy atom. The molecule has 1 aliphatic carbocycles. The predicted octanol–water partition coefficient (Wildman–Crippen LogP) is 0.865. The second kappa shape index (κ2) is 4.33. The molecule has 1 heterocycles. The van der Waals surface area contributed by atoms with E-state index in [1.54, 1.807) is 6.20 Å². The summed E-state index contributed by atoms with van der Waals surface area (Å²) in [5.41, 5.74) is 0. The van der Waals surface area contributed by atoms with Crippen LogP contribution in [0.15, 0.2) is 12.4 Å². The fourth-order valence-corrected chi connectivity index (χ4v) is 2.51. The zero-order valence-corrected chi connectivity index (χ0v) is 9.35. The van der Waals surface area contributed by atoms with Crippen LogP contribution in [-0.2, 0) is 0 Å². The molecule has 1 aromatic rings. The first-order valence-corrected chi connectivity index (χ1v) is 5.59. The predicted molar refractivity (Wildman–Crippen MR) is 58.7 cm³/mol. The number of hydrogen-bond donors (Lipinski definition) is 2. The summed E-state index contributed by atoms with van der Waals surface area (Å²) >= 11 is 0. The van der Waals surface area contributed by atoms with E-state index < -0.39 is 0 Å². The maximum absolute atomic E-state index is 10.2. The summed E-state index contributed by atoms with van der Waals surface area (Å²) in [6.45, 7) is 1.98. The molecule has 0 aliphatic heterocycles. The Morgan fingerprint density at radius 3 is 2.93 bits per heavy atom. The molecule has 1 aliphatic rings. The third-order valence-corrected chi connectivity index (χ3v) is 3.41. The third kappa shape index (κ3) is 1.92. The Morgan fingerprint density at radius 2 is 2.33 bits per heavy atom. The number of aliphatic hydroxyl groups excluding tert-OH is 1. The van der Waals surface area contributed by atoms with Crippen molar-refractivity contribution < 1.29 is 5.11 Å². The summed E-state index contributed by atoms with van der Waals surface area (Å²) < 4.78 is 2.09. The van der Waals surface area contributed by atoms with E-state index in [-0.39, 0.29) is 18.2 Å². The number of imidazole rings is 1. The molecule has 0 bridgehead atoms. The van der Waals surface area contributed by atoms with Gasteiger partial charge in [-0.1, -0.05) is 0 Å². The lowest BCUT2D eigenvalue weighted by atomic mass is 9.88. The molecule has 0 amide bonds. The fraction of sp³-hybridized carbons (Fsp3) is 0.727. The van der Waals surface area contributed by atoms with Crippen LogP contribution in [0.5, 0.6) is 0 Å². The first kappa shape index (κ1) is 10.6. The van der Waals surface area contributed by atoms with Crippen molar-refractivity contribution in [2.45, 2.75) is 44.4 Å². The van der Waals surface area contributed by atoms with Gasteiger partial charge in [-0.2, -0.15) is 0 Å². The molecule has 1 aromatic heterocycles. The summed E-state index contributed by atoms with van der Waals surface area (Å²) in [6.07, 6.45) is 6.70. The Balaban J connectivity index is 2.18. The molecule has 3 atom stereocenters. The number of aliphatic hydroxyl groups is 1. The summed E-state index contributed by atoms with van der Waals surface area (Å²) in [5.74, 6) is 0.982. The van der Waals surface area contributed by atoms with Crippen LogP contribution >= 0.6 is 0 Å².